The molecule has 3 aromatic rings. The van der Waals surface area contributed by atoms with E-state index in [1.165, 1.54) is 5.56 Å². The van der Waals surface area contributed by atoms with Crippen molar-refractivity contribution in [3.8, 4) is 0 Å². The summed E-state index contributed by atoms with van der Waals surface area (Å²) < 4.78 is 0. The zero-order valence-corrected chi connectivity index (χ0v) is 19.5. The van der Waals surface area contributed by atoms with E-state index in [9.17, 15) is 9.59 Å². The first-order valence-electron chi connectivity index (χ1n) is 11.4. The number of nitrogens with zero attached hydrogens (tertiary/aromatic N) is 2. The van der Waals surface area contributed by atoms with Crippen LogP contribution in [0.4, 0.5) is 11.4 Å². The van der Waals surface area contributed by atoms with E-state index in [0.29, 0.717) is 10.6 Å². The van der Waals surface area contributed by atoms with Gasteiger partial charge >= 0.3 is 0 Å². The van der Waals surface area contributed by atoms with Gasteiger partial charge in [-0.3, -0.25) is 14.5 Å². The summed E-state index contributed by atoms with van der Waals surface area (Å²) in [6.45, 7) is 5.29. The molecule has 3 heterocycles. The molecule has 2 aliphatic heterocycles. The molecule has 172 valence electrons. The third-order valence-corrected chi connectivity index (χ3v) is 6.94. The van der Waals surface area contributed by atoms with Crippen LogP contribution in [0.2, 0.25) is 5.02 Å². The molecule has 33 heavy (non-hydrogen) atoms. The number of anilines is 2. The van der Waals surface area contributed by atoms with Crippen LogP contribution in [0.15, 0.2) is 41.2 Å². The number of carbonyl (C=O) groups excluding carboxylic acids is 1. The molecule has 0 atom stereocenters. The van der Waals surface area contributed by atoms with Gasteiger partial charge in [0, 0.05) is 62.8 Å². The van der Waals surface area contributed by atoms with Crippen LogP contribution in [0, 0.1) is 0 Å². The van der Waals surface area contributed by atoms with E-state index in [4.69, 9.17) is 11.6 Å². The van der Waals surface area contributed by atoms with Gasteiger partial charge in [-0.05, 0) is 42.7 Å². The van der Waals surface area contributed by atoms with E-state index in [1.807, 2.05) is 12.1 Å². The van der Waals surface area contributed by atoms with Crippen molar-refractivity contribution in [3.05, 3.63) is 68.5 Å². The molecule has 1 fully saturated rings. The topological polar surface area (TPSA) is 80.5 Å². The van der Waals surface area contributed by atoms with Gasteiger partial charge in [-0.2, -0.15) is 0 Å². The molecule has 5 rings (SSSR count). The molecule has 0 saturated carbocycles. The summed E-state index contributed by atoms with van der Waals surface area (Å²) in [5.74, 6) is -0.138. The van der Waals surface area contributed by atoms with Gasteiger partial charge in [0.2, 0.25) is 0 Å². The number of hydrogen-bond donors (Lipinski definition) is 3. The smallest absolute Gasteiger partial charge is 0.253 e. The second-order valence-electron chi connectivity index (χ2n) is 8.73. The molecular formula is C25H28ClN5O2. The Morgan fingerprint density at radius 3 is 2.70 bits per heavy atom. The highest BCUT2D eigenvalue weighted by atomic mass is 35.5. The van der Waals surface area contributed by atoms with E-state index in [-0.39, 0.29) is 11.5 Å². The zero-order chi connectivity index (χ0) is 22.9. The Balaban J connectivity index is 1.27. The molecule has 7 nitrogen and oxygen atoms in total. The van der Waals surface area contributed by atoms with Crippen LogP contribution in [0.25, 0.3) is 10.9 Å². The lowest BCUT2D eigenvalue weighted by atomic mass is 10.0. The average molecular weight is 466 g/mol. The SMILES string of the molecule is CNC(=O)c1ccc(N2CCN(Cc3ccc4c5c(c(=O)[nH]c4c3)CCCN5)CC2)c(Cl)c1. The van der Waals surface area contributed by atoms with Crippen molar-refractivity contribution in [1.82, 2.24) is 15.2 Å². The summed E-state index contributed by atoms with van der Waals surface area (Å²) >= 11 is 6.48. The van der Waals surface area contributed by atoms with Crippen molar-refractivity contribution in [2.75, 3.05) is 50.0 Å². The number of carbonyl (C=O) groups is 1. The molecule has 2 aromatic carbocycles. The van der Waals surface area contributed by atoms with Crippen molar-refractivity contribution < 1.29 is 4.79 Å². The number of piperazine rings is 1. The van der Waals surface area contributed by atoms with Crippen LogP contribution in [-0.4, -0.2) is 55.6 Å². The second kappa shape index (κ2) is 9.08. The van der Waals surface area contributed by atoms with Gasteiger partial charge in [-0.25, -0.2) is 0 Å². The molecule has 1 amide bonds. The molecule has 0 radical (unpaired) electrons. The first kappa shape index (κ1) is 21.8. The maximum absolute atomic E-state index is 12.5. The Kier molecular flexibility index (Phi) is 6.00. The van der Waals surface area contributed by atoms with E-state index in [1.54, 1.807) is 13.1 Å². The fourth-order valence-corrected chi connectivity index (χ4v) is 5.16. The van der Waals surface area contributed by atoms with Crippen LogP contribution >= 0.6 is 11.6 Å². The van der Waals surface area contributed by atoms with Gasteiger partial charge < -0.3 is 20.5 Å². The molecule has 0 bridgehead atoms. The number of H-pyrrole nitrogens is 1. The lowest BCUT2D eigenvalue weighted by molar-refractivity contribution is 0.0963. The summed E-state index contributed by atoms with van der Waals surface area (Å²) in [5, 5.41) is 7.73. The van der Waals surface area contributed by atoms with Crippen LogP contribution in [-0.2, 0) is 13.0 Å². The third kappa shape index (κ3) is 4.30. The number of aromatic amines is 1. The van der Waals surface area contributed by atoms with Gasteiger partial charge in [-0.1, -0.05) is 23.7 Å². The fraction of sp³-hybridized carbons (Fsp3) is 0.360. The number of fused-ring (bicyclic) bond motifs is 3. The molecule has 0 spiro atoms. The number of aromatic nitrogens is 1. The lowest BCUT2D eigenvalue weighted by Crippen LogP contribution is -2.46. The minimum Gasteiger partial charge on any atom is -0.384 e. The predicted octanol–water partition coefficient (Wildman–Crippen LogP) is 3.22. The molecular weight excluding hydrogens is 438 g/mol. The number of halogens is 1. The van der Waals surface area contributed by atoms with Crippen molar-refractivity contribution in [2.24, 2.45) is 0 Å². The standard InChI is InChI=1S/C25H28ClN5O2/c1-27-24(32)17-5-7-22(20(26)14-17)31-11-9-30(10-12-31)15-16-4-6-18-21(13-16)29-25(33)19-3-2-8-28-23(18)19/h4-7,13-14,28H,2-3,8-12,15H2,1H3,(H,27,32)(H,29,33). The predicted molar refractivity (Wildman–Crippen MR) is 134 cm³/mol. The van der Waals surface area contributed by atoms with Crippen LogP contribution in [0.5, 0.6) is 0 Å². The van der Waals surface area contributed by atoms with Gasteiger partial charge in [-0.15, -0.1) is 0 Å². The molecule has 1 aromatic heterocycles. The lowest BCUT2D eigenvalue weighted by Gasteiger charge is -2.36. The van der Waals surface area contributed by atoms with Gasteiger partial charge in [0.15, 0.2) is 0 Å². The largest absolute Gasteiger partial charge is 0.384 e. The zero-order valence-electron chi connectivity index (χ0n) is 18.7. The number of rotatable bonds is 4. The quantitative estimate of drug-likeness (QED) is 0.551. The summed E-state index contributed by atoms with van der Waals surface area (Å²) in [5.41, 5.74) is 5.51. The average Bonchev–Trinajstić information content (AvgIpc) is 2.84. The summed E-state index contributed by atoms with van der Waals surface area (Å²) in [4.78, 5) is 32.1. The molecule has 3 N–H and O–H groups in total. The number of hydrogen-bond acceptors (Lipinski definition) is 5. The minimum absolute atomic E-state index is 0.0229. The monoisotopic (exact) mass is 465 g/mol. The first-order valence-corrected chi connectivity index (χ1v) is 11.8. The highest BCUT2D eigenvalue weighted by Crippen LogP contribution is 2.30. The van der Waals surface area contributed by atoms with Crippen molar-refractivity contribution in [3.63, 3.8) is 0 Å². The normalized spacial score (nSPS) is 16.4. The number of pyridine rings is 1. The maximum atomic E-state index is 12.5. The first-order chi connectivity index (χ1) is 16.0. The van der Waals surface area contributed by atoms with Crippen molar-refractivity contribution >= 4 is 39.8 Å². The van der Waals surface area contributed by atoms with E-state index in [0.717, 1.165) is 80.0 Å². The fourth-order valence-electron chi connectivity index (χ4n) is 4.86. The summed E-state index contributed by atoms with van der Waals surface area (Å²) in [7, 11) is 1.61. The van der Waals surface area contributed by atoms with Crippen LogP contribution < -0.4 is 21.1 Å². The number of benzene rings is 2. The third-order valence-electron chi connectivity index (χ3n) is 6.64. The molecule has 8 heteroatoms. The van der Waals surface area contributed by atoms with E-state index in [2.05, 4.69) is 43.6 Å². The Morgan fingerprint density at radius 2 is 1.94 bits per heavy atom. The molecule has 0 aliphatic carbocycles. The van der Waals surface area contributed by atoms with Gasteiger partial charge in [0.1, 0.15) is 0 Å². The highest BCUT2D eigenvalue weighted by molar-refractivity contribution is 6.33. The van der Waals surface area contributed by atoms with Gasteiger partial charge in [0.25, 0.3) is 11.5 Å². The minimum atomic E-state index is -0.138. The summed E-state index contributed by atoms with van der Waals surface area (Å²) in [6.07, 6.45) is 1.83. The molecule has 1 saturated heterocycles. The van der Waals surface area contributed by atoms with E-state index >= 15 is 0 Å². The second-order valence-corrected chi connectivity index (χ2v) is 9.13. The van der Waals surface area contributed by atoms with Gasteiger partial charge in [0.05, 0.1) is 21.9 Å². The number of amides is 1. The molecule has 2 aliphatic rings. The Labute approximate surface area is 197 Å². The Hall–Kier alpha value is -3.03. The van der Waals surface area contributed by atoms with Crippen LogP contribution in [0.3, 0.4) is 0 Å². The number of nitrogens with one attached hydrogen (secondary N) is 3. The van der Waals surface area contributed by atoms with Crippen LogP contribution in [0.1, 0.15) is 27.9 Å². The molecule has 0 unspecified atom stereocenters. The highest BCUT2D eigenvalue weighted by Gasteiger charge is 2.21. The van der Waals surface area contributed by atoms with Crippen molar-refractivity contribution in [1.29, 1.82) is 0 Å². The van der Waals surface area contributed by atoms with Crippen molar-refractivity contribution in [2.45, 2.75) is 19.4 Å². The Bertz CT molecular complexity index is 1260. The Morgan fingerprint density at radius 1 is 1.12 bits per heavy atom. The summed E-state index contributed by atoms with van der Waals surface area (Å²) in [6, 6.07) is 11.9. The maximum Gasteiger partial charge on any atom is 0.253 e. The van der Waals surface area contributed by atoms with E-state index < -0.39 is 0 Å².